The van der Waals surface area contributed by atoms with Gasteiger partial charge in [-0.15, -0.1) is 0 Å². The van der Waals surface area contributed by atoms with E-state index in [-0.39, 0.29) is 0 Å². The summed E-state index contributed by atoms with van der Waals surface area (Å²) in [7, 11) is -1.69. The first-order valence-electron chi connectivity index (χ1n) is 9.07. The van der Waals surface area contributed by atoms with Crippen molar-refractivity contribution >= 4 is 60.9 Å². The highest BCUT2D eigenvalue weighted by molar-refractivity contribution is 7.99. The molecule has 1 aromatic heterocycles. The van der Waals surface area contributed by atoms with Gasteiger partial charge in [0.05, 0.1) is 24.4 Å². The van der Waals surface area contributed by atoms with Crippen LogP contribution in [0.25, 0.3) is 21.8 Å². The molecule has 5 nitrogen and oxygen atoms in total. The SMILES string of the molecule is COc1ccc2nc3cc(Cl)ccc3c(Sc3ccc(NS(C)(=O)=O)cc3C)c2c1. The Morgan fingerprint density at radius 2 is 1.80 bits per heavy atom. The zero-order chi connectivity index (χ0) is 21.5. The van der Waals surface area contributed by atoms with Crippen LogP contribution < -0.4 is 9.46 Å². The average molecular weight is 459 g/mol. The molecule has 0 bridgehead atoms. The zero-order valence-electron chi connectivity index (χ0n) is 16.6. The van der Waals surface area contributed by atoms with Gasteiger partial charge in [-0.1, -0.05) is 29.4 Å². The van der Waals surface area contributed by atoms with Crippen molar-refractivity contribution in [3.05, 3.63) is 65.2 Å². The molecular formula is C22H19ClN2O3S2. The number of ether oxygens (including phenoxy) is 1. The third-order valence-electron chi connectivity index (χ3n) is 4.58. The molecule has 0 atom stereocenters. The number of aromatic nitrogens is 1. The van der Waals surface area contributed by atoms with Gasteiger partial charge < -0.3 is 4.74 Å². The molecule has 4 rings (SSSR count). The van der Waals surface area contributed by atoms with Gasteiger partial charge in [-0.2, -0.15) is 0 Å². The van der Waals surface area contributed by atoms with Crippen LogP contribution in [0.3, 0.4) is 0 Å². The van der Waals surface area contributed by atoms with Gasteiger partial charge in [0, 0.05) is 31.3 Å². The van der Waals surface area contributed by atoms with Crippen molar-refractivity contribution in [3.63, 3.8) is 0 Å². The first-order valence-corrected chi connectivity index (χ1v) is 12.2. The summed E-state index contributed by atoms with van der Waals surface area (Å²) in [6, 6.07) is 17.0. The summed E-state index contributed by atoms with van der Waals surface area (Å²) in [6.07, 6.45) is 1.14. The number of aryl methyl sites for hydroxylation is 1. The Morgan fingerprint density at radius 3 is 2.50 bits per heavy atom. The van der Waals surface area contributed by atoms with Crippen molar-refractivity contribution in [2.24, 2.45) is 0 Å². The summed E-state index contributed by atoms with van der Waals surface area (Å²) >= 11 is 7.81. The van der Waals surface area contributed by atoms with E-state index < -0.39 is 10.0 Å². The monoisotopic (exact) mass is 458 g/mol. The number of hydrogen-bond acceptors (Lipinski definition) is 5. The number of pyridine rings is 1. The third-order valence-corrected chi connectivity index (χ3v) is 6.75. The average Bonchev–Trinajstić information content (AvgIpc) is 2.67. The number of benzene rings is 3. The lowest BCUT2D eigenvalue weighted by Crippen LogP contribution is -2.09. The van der Waals surface area contributed by atoms with Gasteiger partial charge in [0.1, 0.15) is 5.75 Å². The Hall–Kier alpha value is -2.48. The highest BCUT2D eigenvalue weighted by atomic mass is 35.5. The van der Waals surface area contributed by atoms with E-state index in [1.165, 1.54) is 0 Å². The Balaban J connectivity index is 1.88. The van der Waals surface area contributed by atoms with Crippen molar-refractivity contribution in [1.29, 1.82) is 0 Å². The van der Waals surface area contributed by atoms with Crippen molar-refractivity contribution in [2.45, 2.75) is 16.7 Å². The number of nitrogens with one attached hydrogen (secondary N) is 1. The summed E-state index contributed by atoms with van der Waals surface area (Å²) in [4.78, 5) is 6.82. The molecule has 0 aliphatic heterocycles. The van der Waals surface area contributed by atoms with Crippen molar-refractivity contribution in [3.8, 4) is 5.75 Å². The molecule has 1 N–H and O–H groups in total. The second-order valence-corrected chi connectivity index (χ2v) is 10.2. The van der Waals surface area contributed by atoms with Gasteiger partial charge in [-0.05, 0) is 61.0 Å². The molecule has 1 heterocycles. The van der Waals surface area contributed by atoms with Crippen LogP contribution in [0, 0.1) is 6.92 Å². The van der Waals surface area contributed by atoms with Crippen molar-refractivity contribution in [2.75, 3.05) is 18.1 Å². The van der Waals surface area contributed by atoms with E-state index in [9.17, 15) is 8.42 Å². The van der Waals surface area contributed by atoms with Gasteiger partial charge in [0.25, 0.3) is 0 Å². The minimum absolute atomic E-state index is 0.539. The number of methoxy groups -OCH3 is 1. The van der Waals surface area contributed by atoms with Gasteiger partial charge in [-0.3, -0.25) is 4.72 Å². The van der Waals surface area contributed by atoms with Crippen LogP contribution in [-0.4, -0.2) is 26.8 Å². The summed E-state index contributed by atoms with van der Waals surface area (Å²) < 4.78 is 31.0. The molecule has 0 aliphatic carbocycles. The van der Waals surface area contributed by atoms with E-state index in [1.54, 1.807) is 24.9 Å². The van der Waals surface area contributed by atoms with Gasteiger partial charge in [0.2, 0.25) is 10.0 Å². The molecule has 0 aliphatic rings. The van der Waals surface area contributed by atoms with E-state index in [1.807, 2.05) is 55.5 Å². The van der Waals surface area contributed by atoms with E-state index in [0.29, 0.717) is 10.7 Å². The Morgan fingerprint density at radius 1 is 1.00 bits per heavy atom. The normalized spacial score (nSPS) is 11.7. The molecule has 0 fully saturated rings. The zero-order valence-corrected chi connectivity index (χ0v) is 19.0. The fraction of sp³-hybridized carbons (Fsp3) is 0.136. The van der Waals surface area contributed by atoms with Crippen LogP contribution >= 0.6 is 23.4 Å². The van der Waals surface area contributed by atoms with Crippen LogP contribution in [0.5, 0.6) is 5.75 Å². The summed E-state index contributed by atoms with van der Waals surface area (Å²) in [6.45, 7) is 1.96. The first-order chi connectivity index (χ1) is 14.2. The molecule has 0 saturated carbocycles. The topological polar surface area (TPSA) is 68.3 Å². The third kappa shape index (κ3) is 4.33. The molecule has 8 heteroatoms. The van der Waals surface area contributed by atoms with E-state index in [4.69, 9.17) is 21.3 Å². The van der Waals surface area contributed by atoms with E-state index in [2.05, 4.69) is 4.72 Å². The Bertz CT molecular complexity index is 1390. The number of sulfonamides is 1. The van der Waals surface area contributed by atoms with Crippen molar-refractivity contribution in [1.82, 2.24) is 4.98 Å². The maximum Gasteiger partial charge on any atom is 0.229 e. The minimum atomic E-state index is -3.33. The molecule has 0 unspecified atom stereocenters. The number of fused-ring (bicyclic) bond motifs is 2. The second kappa shape index (κ2) is 7.98. The molecule has 0 saturated heterocycles. The van der Waals surface area contributed by atoms with Crippen molar-refractivity contribution < 1.29 is 13.2 Å². The second-order valence-electron chi connectivity index (χ2n) is 6.94. The molecule has 154 valence electrons. The number of hydrogen-bond donors (Lipinski definition) is 1. The maximum atomic E-state index is 11.5. The molecular weight excluding hydrogens is 440 g/mol. The standard InChI is InChI=1S/C22H19ClN2O3S2/c1-13-10-15(25-30(3,26)27)5-9-21(13)29-22-17-7-4-14(23)11-20(17)24-19-8-6-16(28-2)12-18(19)22/h4-12,25H,1-3H3. The van der Waals surface area contributed by atoms with E-state index >= 15 is 0 Å². The molecule has 0 radical (unpaired) electrons. The fourth-order valence-electron chi connectivity index (χ4n) is 3.25. The summed E-state index contributed by atoms with van der Waals surface area (Å²) in [5.74, 6) is 0.754. The van der Waals surface area contributed by atoms with E-state index in [0.717, 1.165) is 49.2 Å². The molecule has 4 aromatic rings. The first kappa shape index (κ1) is 20.8. The molecule has 0 amide bonds. The van der Waals surface area contributed by atoms with Gasteiger partial charge in [0.15, 0.2) is 0 Å². The minimum Gasteiger partial charge on any atom is -0.497 e. The van der Waals surface area contributed by atoms with Crippen LogP contribution in [0.4, 0.5) is 5.69 Å². The Kier molecular flexibility index (Phi) is 5.53. The quantitative estimate of drug-likeness (QED) is 0.378. The lowest BCUT2D eigenvalue weighted by Gasteiger charge is -2.14. The largest absolute Gasteiger partial charge is 0.497 e. The fourth-order valence-corrected chi connectivity index (χ4v) is 5.10. The highest BCUT2D eigenvalue weighted by Gasteiger charge is 2.14. The predicted molar refractivity (Wildman–Crippen MR) is 125 cm³/mol. The maximum absolute atomic E-state index is 11.5. The number of anilines is 1. The molecule has 3 aromatic carbocycles. The van der Waals surface area contributed by atoms with Gasteiger partial charge >= 0.3 is 0 Å². The summed E-state index contributed by atoms with van der Waals surface area (Å²) in [5.41, 5.74) is 3.16. The van der Waals surface area contributed by atoms with Crippen LogP contribution in [-0.2, 0) is 10.0 Å². The summed E-state index contributed by atoms with van der Waals surface area (Å²) in [5, 5.41) is 2.60. The van der Waals surface area contributed by atoms with Crippen LogP contribution in [0.2, 0.25) is 5.02 Å². The molecule has 30 heavy (non-hydrogen) atoms. The smallest absolute Gasteiger partial charge is 0.229 e. The molecule has 0 spiro atoms. The van der Waals surface area contributed by atoms with Gasteiger partial charge in [-0.25, -0.2) is 13.4 Å². The van der Waals surface area contributed by atoms with Crippen LogP contribution in [0.15, 0.2) is 64.4 Å². The number of halogens is 1. The lowest BCUT2D eigenvalue weighted by molar-refractivity contribution is 0.415. The Labute approximate surface area is 184 Å². The van der Waals surface area contributed by atoms with Crippen LogP contribution in [0.1, 0.15) is 5.56 Å². The number of nitrogens with zero attached hydrogens (tertiary/aromatic N) is 1. The number of rotatable bonds is 5. The predicted octanol–water partition coefficient (Wildman–Crippen LogP) is 5.88. The lowest BCUT2D eigenvalue weighted by atomic mass is 10.1. The highest BCUT2D eigenvalue weighted by Crippen LogP contribution is 2.41.